The molecule has 88 valence electrons. The molecule has 6 heteroatoms. The quantitative estimate of drug-likeness (QED) is 0.837. The van der Waals surface area contributed by atoms with Crippen molar-refractivity contribution >= 4 is 17.7 Å². The molecule has 0 unspecified atom stereocenters. The summed E-state index contributed by atoms with van der Waals surface area (Å²) in [6.45, 7) is 0.431. The van der Waals surface area contributed by atoms with Crippen LogP contribution in [0.1, 0.15) is 17.5 Å². The van der Waals surface area contributed by atoms with Gasteiger partial charge in [-0.05, 0) is 19.0 Å². The van der Waals surface area contributed by atoms with Crippen LogP contribution in [0.5, 0.6) is 0 Å². The fourth-order valence-electron chi connectivity index (χ4n) is 1.04. The van der Waals surface area contributed by atoms with Gasteiger partial charge in [0.2, 0.25) is 0 Å². The summed E-state index contributed by atoms with van der Waals surface area (Å²) in [7, 11) is 0. The maximum absolute atomic E-state index is 12.4. The fourth-order valence-corrected chi connectivity index (χ4v) is 1.21. The Morgan fingerprint density at radius 3 is 2.69 bits per heavy atom. The van der Waals surface area contributed by atoms with E-state index < -0.39 is 11.7 Å². The van der Waals surface area contributed by atoms with Crippen molar-refractivity contribution in [1.29, 1.82) is 0 Å². The summed E-state index contributed by atoms with van der Waals surface area (Å²) in [6, 6.07) is 0.961. The average molecular weight is 251 g/mol. The van der Waals surface area contributed by atoms with Gasteiger partial charge in [0.25, 0.3) is 0 Å². The lowest BCUT2D eigenvalue weighted by atomic mass is 10.2. The van der Waals surface area contributed by atoms with Crippen molar-refractivity contribution in [2.24, 2.45) is 5.73 Å². The lowest BCUT2D eigenvalue weighted by molar-refractivity contribution is -0.137. The molecular weight excluding hydrogens is 241 g/mol. The molecule has 1 rings (SSSR count). The Balaban J connectivity index is 3.00. The van der Waals surface area contributed by atoms with Gasteiger partial charge in [0.05, 0.1) is 5.56 Å². The van der Waals surface area contributed by atoms with Crippen LogP contribution < -0.4 is 5.73 Å². The molecule has 0 atom stereocenters. The van der Waals surface area contributed by atoms with Crippen LogP contribution in [0.4, 0.5) is 13.2 Å². The standard InChI is InChI=1S/C10H10ClF3N2/c11-9-7(3-1-2-4-15)5-8(6-16-9)10(12,13)14/h1,3,5-6H,2,4,15H2. The van der Waals surface area contributed by atoms with E-state index in [2.05, 4.69) is 4.98 Å². The molecule has 1 heterocycles. The summed E-state index contributed by atoms with van der Waals surface area (Å²) in [4.78, 5) is 3.49. The Hall–Kier alpha value is -1.07. The molecule has 2 N–H and O–H groups in total. The van der Waals surface area contributed by atoms with Gasteiger partial charge in [0.1, 0.15) is 5.15 Å². The molecule has 0 fully saturated rings. The summed E-state index contributed by atoms with van der Waals surface area (Å²) < 4.78 is 37.1. The number of hydrogen-bond acceptors (Lipinski definition) is 2. The van der Waals surface area contributed by atoms with Gasteiger partial charge in [-0.3, -0.25) is 0 Å². The van der Waals surface area contributed by atoms with Gasteiger partial charge in [-0.2, -0.15) is 13.2 Å². The van der Waals surface area contributed by atoms with Gasteiger partial charge in [-0.1, -0.05) is 23.8 Å². The third-order valence-electron chi connectivity index (χ3n) is 1.82. The van der Waals surface area contributed by atoms with E-state index >= 15 is 0 Å². The lowest BCUT2D eigenvalue weighted by Crippen LogP contribution is -2.06. The predicted molar refractivity (Wildman–Crippen MR) is 57.0 cm³/mol. The van der Waals surface area contributed by atoms with Crippen LogP contribution in [0, 0.1) is 0 Å². The molecule has 0 aliphatic carbocycles. The molecule has 0 saturated heterocycles. The highest BCUT2D eigenvalue weighted by molar-refractivity contribution is 6.30. The summed E-state index contributed by atoms with van der Waals surface area (Å²) in [5.41, 5.74) is 4.68. The first-order valence-corrected chi connectivity index (χ1v) is 4.92. The van der Waals surface area contributed by atoms with Crippen molar-refractivity contribution in [3.05, 3.63) is 34.6 Å². The second-order valence-corrected chi connectivity index (χ2v) is 3.44. The topological polar surface area (TPSA) is 38.9 Å². The first-order valence-electron chi connectivity index (χ1n) is 4.54. The Morgan fingerprint density at radius 1 is 1.44 bits per heavy atom. The number of nitrogens with two attached hydrogens (primary N) is 1. The highest BCUT2D eigenvalue weighted by atomic mass is 35.5. The van der Waals surface area contributed by atoms with Crippen LogP contribution in [-0.4, -0.2) is 11.5 Å². The molecule has 0 bridgehead atoms. The van der Waals surface area contributed by atoms with E-state index in [1.54, 1.807) is 6.08 Å². The van der Waals surface area contributed by atoms with Crippen LogP contribution in [0.15, 0.2) is 18.3 Å². The highest BCUT2D eigenvalue weighted by Gasteiger charge is 2.31. The molecule has 1 aromatic heterocycles. The molecule has 2 nitrogen and oxygen atoms in total. The largest absolute Gasteiger partial charge is 0.417 e. The van der Waals surface area contributed by atoms with E-state index in [-0.39, 0.29) is 10.7 Å². The normalized spacial score (nSPS) is 12.3. The van der Waals surface area contributed by atoms with E-state index in [0.29, 0.717) is 19.2 Å². The van der Waals surface area contributed by atoms with Crippen molar-refractivity contribution < 1.29 is 13.2 Å². The Morgan fingerprint density at radius 2 is 2.12 bits per heavy atom. The smallest absolute Gasteiger partial charge is 0.330 e. The third kappa shape index (κ3) is 3.50. The molecule has 16 heavy (non-hydrogen) atoms. The SMILES string of the molecule is NCCC=Cc1cc(C(F)(F)F)cnc1Cl. The lowest BCUT2D eigenvalue weighted by Gasteiger charge is -2.07. The highest BCUT2D eigenvalue weighted by Crippen LogP contribution is 2.30. The van der Waals surface area contributed by atoms with Crippen molar-refractivity contribution in [1.82, 2.24) is 4.98 Å². The molecule has 1 aromatic rings. The first kappa shape index (κ1) is 13.0. The second kappa shape index (κ2) is 5.32. The van der Waals surface area contributed by atoms with Crippen molar-refractivity contribution in [2.45, 2.75) is 12.6 Å². The zero-order chi connectivity index (χ0) is 12.2. The van der Waals surface area contributed by atoms with E-state index in [1.165, 1.54) is 6.08 Å². The van der Waals surface area contributed by atoms with E-state index in [1.807, 2.05) is 0 Å². The van der Waals surface area contributed by atoms with Crippen LogP contribution >= 0.6 is 11.6 Å². The van der Waals surface area contributed by atoms with Crippen LogP contribution in [0.3, 0.4) is 0 Å². The molecular formula is C10H10ClF3N2. The summed E-state index contributed by atoms with van der Waals surface area (Å²) in [6.07, 6.45) is 0.0176. The van der Waals surface area contributed by atoms with Crippen LogP contribution in [-0.2, 0) is 6.18 Å². The number of alkyl halides is 3. The Bertz CT molecular complexity index is 388. The fraction of sp³-hybridized carbons (Fsp3) is 0.300. The summed E-state index contributed by atoms with van der Waals surface area (Å²) in [5, 5.41) is 0.0428. The maximum atomic E-state index is 12.4. The summed E-state index contributed by atoms with van der Waals surface area (Å²) >= 11 is 5.66. The minimum atomic E-state index is -4.41. The zero-order valence-corrected chi connectivity index (χ0v) is 9.02. The van der Waals surface area contributed by atoms with Crippen molar-refractivity contribution in [2.75, 3.05) is 6.54 Å². The monoisotopic (exact) mass is 250 g/mol. The molecule has 0 amide bonds. The number of rotatable bonds is 3. The van der Waals surface area contributed by atoms with E-state index in [9.17, 15) is 13.2 Å². The Labute approximate surface area is 95.9 Å². The van der Waals surface area contributed by atoms with Crippen molar-refractivity contribution in [3.63, 3.8) is 0 Å². The van der Waals surface area contributed by atoms with E-state index in [4.69, 9.17) is 17.3 Å². The molecule has 0 aromatic carbocycles. The third-order valence-corrected chi connectivity index (χ3v) is 2.14. The molecule has 0 spiro atoms. The van der Waals surface area contributed by atoms with Gasteiger partial charge in [0.15, 0.2) is 0 Å². The minimum Gasteiger partial charge on any atom is -0.330 e. The van der Waals surface area contributed by atoms with Gasteiger partial charge < -0.3 is 5.73 Å². The van der Waals surface area contributed by atoms with Crippen LogP contribution in [0.2, 0.25) is 5.15 Å². The molecule has 0 saturated carbocycles. The zero-order valence-electron chi connectivity index (χ0n) is 8.26. The second-order valence-electron chi connectivity index (χ2n) is 3.08. The maximum Gasteiger partial charge on any atom is 0.417 e. The van der Waals surface area contributed by atoms with Gasteiger partial charge in [-0.25, -0.2) is 4.98 Å². The Kier molecular flexibility index (Phi) is 4.32. The number of aromatic nitrogens is 1. The number of pyridine rings is 1. The van der Waals surface area contributed by atoms with Gasteiger partial charge in [-0.15, -0.1) is 0 Å². The van der Waals surface area contributed by atoms with Crippen molar-refractivity contribution in [3.8, 4) is 0 Å². The van der Waals surface area contributed by atoms with Gasteiger partial charge >= 0.3 is 6.18 Å². The average Bonchev–Trinajstić information content (AvgIpc) is 2.19. The number of nitrogens with zero attached hydrogens (tertiary/aromatic N) is 1. The predicted octanol–water partition coefficient (Wildman–Crippen LogP) is 3.12. The summed E-state index contributed by atoms with van der Waals surface area (Å²) in [5.74, 6) is 0. The van der Waals surface area contributed by atoms with Gasteiger partial charge in [0, 0.05) is 11.8 Å². The minimum absolute atomic E-state index is 0.0428. The molecule has 0 aliphatic rings. The molecule has 0 radical (unpaired) electrons. The first-order chi connectivity index (χ1) is 7.45. The molecule has 0 aliphatic heterocycles. The van der Waals surface area contributed by atoms with E-state index in [0.717, 1.165) is 6.07 Å². The number of hydrogen-bond donors (Lipinski definition) is 1. The van der Waals surface area contributed by atoms with Crippen LogP contribution in [0.25, 0.3) is 6.08 Å². The number of halogens is 4.